The zero-order chi connectivity index (χ0) is 20.6. The molecule has 2 N–H and O–H groups in total. The van der Waals surface area contributed by atoms with E-state index in [-0.39, 0.29) is 35.8 Å². The zero-order valence-electron chi connectivity index (χ0n) is 16.6. The molecule has 3 heterocycles. The minimum absolute atomic E-state index is 0.0898. The van der Waals surface area contributed by atoms with Gasteiger partial charge in [-0.2, -0.15) is 0 Å². The molecule has 1 amide bonds. The fourth-order valence-corrected chi connectivity index (χ4v) is 6.92. The average Bonchev–Trinajstić information content (AvgIpc) is 3.26. The number of halogens is 1. The topological polar surface area (TPSA) is 100 Å². The molecule has 7 rings (SSSR count). The van der Waals surface area contributed by atoms with Crippen molar-refractivity contribution in [1.29, 1.82) is 0 Å². The molecule has 1 aliphatic heterocycles. The van der Waals surface area contributed by atoms with E-state index in [2.05, 4.69) is 9.97 Å². The largest absolute Gasteiger partial charge is 0.446 e. The Bertz CT molecular complexity index is 1060. The maximum absolute atomic E-state index is 12.9. The van der Waals surface area contributed by atoms with Crippen LogP contribution in [-0.4, -0.2) is 55.4 Å². The lowest BCUT2D eigenvalue weighted by molar-refractivity contribution is -0.177. The molecule has 9 heteroatoms. The number of nitrogens with zero attached hydrogens (tertiary/aromatic N) is 3. The van der Waals surface area contributed by atoms with Crippen molar-refractivity contribution in [2.75, 3.05) is 13.1 Å². The van der Waals surface area contributed by atoms with Gasteiger partial charge in [0.1, 0.15) is 6.10 Å². The summed E-state index contributed by atoms with van der Waals surface area (Å²) in [6, 6.07) is 1.54. The molecular formula is C21H25ClN4O4. The predicted octanol–water partition coefficient (Wildman–Crippen LogP) is 2.70. The number of rotatable bonds is 2. The van der Waals surface area contributed by atoms with Crippen LogP contribution in [0.15, 0.2) is 17.1 Å². The van der Waals surface area contributed by atoms with Crippen LogP contribution in [0.25, 0.3) is 11.2 Å². The number of aromatic amines is 1. The number of aliphatic hydroxyl groups is 1. The van der Waals surface area contributed by atoms with Crippen LogP contribution in [0.5, 0.6) is 0 Å². The van der Waals surface area contributed by atoms with Gasteiger partial charge in [0.15, 0.2) is 5.65 Å². The number of carbonyl (C=O) groups excluding carboxylic acids is 1. The van der Waals surface area contributed by atoms with Crippen LogP contribution in [0.3, 0.4) is 0 Å². The first-order chi connectivity index (χ1) is 14.4. The third kappa shape index (κ3) is 2.87. The molecule has 0 spiro atoms. The first-order valence-corrected chi connectivity index (χ1v) is 11.2. The molecule has 4 saturated carbocycles. The Morgan fingerprint density at radius 2 is 2.07 bits per heavy atom. The molecule has 3 atom stereocenters. The summed E-state index contributed by atoms with van der Waals surface area (Å²) in [5, 5.41) is 11.2. The molecular weight excluding hydrogens is 408 g/mol. The number of fused-ring (bicyclic) bond motifs is 1. The number of hydrogen-bond acceptors (Lipinski definition) is 5. The number of aromatic nitrogens is 3. The Balaban J connectivity index is 1.17. The second-order valence-corrected chi connectivity index (χ2v) is 10.2. The van der Waals surface area contributed by atoms with E-state index >= 15 is 0 Å². The third-order valence-electron chi connectivity index (χ3n) is 7.70. The number of imidazole rings is 1. The molecule has 2 aromatic rings. The van der Waals surface area contributed by atoms with Crippen molar-refractivity contribution in [3.63, 3.8) is 0 Å². The minimum Gasteiger partial charge on any atom is -0.446 e. The maximum atomic E-state index is 12.9. The van der Waals surface area contributed by atoms with Crippen LogP contribution < -0.4 is 5.69 Å². The lowest BCUT2D eigenvalue weighted by Gasteiger charge is -2.57. The summed E-state index contributed by atoms with van der Waals surface area (Å²) < 4.78 is 7.63. The quantitative estimate of drug-likeness (QED) is 0.759. The molecule has 160 valence electrons. The lowest BCUT2D eigenvalue weighted by atomic mass is 9.53. The van der Waals surface area contributed by atoms with Crippen LogP contribution in [-0.2, 0) is 4.74 Å². The summed E-state index contributed by atoms with van der Waals surface area (Å²) >= 11 is 5.98. The van der Waals surface area contributed by atoms with E-state index in [4.69, 9.17) is 16.3 Å². The van der Waals surface area contributed by atoms with Gasteiger partial charge >= 0.3 is 11.8 Å². The average molecular weight is 433 g/mol. The van der Waals surface area contributed by atoms with Crippen molar-refractivity contribution in [3.05, 3.63) is 27.8 Å². The summed E-state index contributed by atoms with van der Waals surface area (Å²) in [5.41, 5.74) is 0.373. The second-order valence-electron chi connectivity index (χ2n) is 9.76. The fraction of sp³-hybridized carbons (Fsp3) is 0.667. The number of amides is 1. The lowest BCUT2D eigenvalue weighted by Crippen LogP contribution is -2.58. The van der Waals surface area contributed by atoms with Gasteiger partial charge in [-0.3, -0.25) is 4.57 Å². The van der Waals surface area contributed by atoms with E-state index in [9.17, 15) is 14.7 Å². The Kier molecular flexibility index (Phi) is 4.03. The van der Waals surface area contributed by atoms with E-state index in [0.29, 0.717) is 41.6 Å². The number of carbonyl (C=O) groups is 1. The van der Waals surface area contributed by atoms with Crippen molar-refractivity contribution >= 4 is 28.9 Å². The first kappa shape index (κ1) is 18.7. The Labute approximate surface area is 178 Å². The summed E-state index contributed by atoms with van der Waals surface area (Å²) in [5.74, 6) is 1.12. The molecule has 30 heavy (non-hydrogen) atoms. The van der Waals surface area contributed by atoms with Gasteiger partial charge in [0.2, 0.25) is 0 Å². The van der Waals surface area contributed by atoms with Crippen molar-refractivity contribution < 1.29 is 14.6 Å². The van der Waals surface area contributed by atoms with E-state index in [0.717, 1.165) is 32.1 Å². The van der Waals surface area contributed by atoms with Gasteiger partial charge in [0.05, 0.1) is 22.2 Å². The van der Waals surface area contributed by atoms with Crippen LogP contribution in [0.2, 0.25) is 5.02 Å². The van der Waals surface area contributed by atoms with Crippen LogP contribution in [0.4, 0.5) is 4.79 Å². The standard InChI is InChI=1S/C21H25ClN4O4/c22-14-5-16-18(23-9-14)26(19(27)24-16)15-1-2-25(10-15)20(28)30-17-12-3-11-4-13(17)8-21(29,6-11)7-12/h5,9,11-13,15,17,29H,1-4,6-8,10H2,(H,24,27)/t11?,12?,13?,15-,17?,21?/m1/s1. The van der Waals surface area contributed by atoms with Crippen LogP contribution in [0.1, 0.15) is 44.6 Å². The molecule has 0 radical (unpaired) electrons. The molecule has 5 fully saturated rings. The van der Waals surface area contributed by atoms with Gasteiger partial charge < -0.3 is 19.7 Å². The van der Waals surface area contributed by atoms with E-state index in [1.54, 1.807) is 15.5 Å². The van der Waals surface area contributed by atoms with Crippen molar-refractivity contribution in [2.45, 2.75) is 56.3 Å². The van der Waals surface area contributed by atoms with Crippen molar-refractivity contribution in [1.82, 2.24) is 19.4 Å². The zero-order valence-corrected chi connectivity index (χ0v) is 17.3. The van der Waals surface area contributed by atoms with Crippen LogP contribution >= 0.6 is 11.6 Å². The highest BCUT2D eigenvalue weighted by atomic mass is 35.5. The number of pyridine rings is 1. The molecule has 2 aromatic heterocycles. The Morgan fingerprint density at radius 1 is 1.30 bits per heavy atom. The van der Waals surface area contributed by atoms with Gasteiger partial charge in [-0.15, -0.1) is 0 Å². The minimum atomic E-state index is -0.537. The smallest absolute Gasteiger partial charge is 0.410 e. The maximum Gasteiger partial charge on any atom is 0.410 e. The second kappa shape index (κ2) is 6.47. The summed E-state index contributed by atoms with van der Waals surface area (Å²) in [6.07, 6.45) is 6.32. The highest BCUT2D eigenvalue weighted by Crippen LogP contribution is 2.56. The number of nitrogens with one attached hydrogen (secondary N) is 1. The summed E-state index contributed by atoms with van der Waals surface area (Å²) in [4.78, 5) is 34.2. The summed E-state index contributed by atoms with van der Waals surface area (Å²) in [6.45, 7) is 0.968. The van der Waals surface area contributed by atoms with E-state index in [1.807, 2.05) is 0 Å². The number of likely N-dealkylation sites (tertiary alicyclic amines) is 1. The Morgan fingerprint density at radius 3 is 2.80 bits per heavy atom. The van der Waals surface area contributed by atoms with Gasteiger partial charge in [-0.1, -0.05) is 11.6 Å². The molecule has 4 aliphatic carbocycles. The monoisotopic (exact) mass is 432 g/mol. The molecule has 2 unspecified atom stereocenters. The van der Waals surface area contributed by atoms with Gasteiger partial charge in [-0.25, -0.2) is 14.6 Å². The first-order valence-electron chi connectivity index (χ1n) is 10.8. The SMILES string of the molecule is O=C(OC1C2CC3CC1CC(O)(C3)C2)N1CC[C@@H](n2c(=O)[nH]c3cc(Cl)cnc32)C1. The van der Waals surface area contributed by atoms with Crippen LogP contribution in [0, 0.1) is 17.8 Å². The summed E-state index contributed by atoms with van der Waals surface area (Å²) in [7, 11) is 0. The van der Waals surface area contributed by atoms with Crippen molar-refractivity contribution in [3.8, 4) is 0 Å². The third-order valence-corrected chi connectivity index (χ3v) is 7.91. The highest BCUT2D eigenvalue weighted by molar-refractivity contribution is 6.31. The fourth-order valence-electron chi connectivity index (χ4n) is 6.76. The molecule has 0 aromatic carbocycles. The van der Waals surface area contributed by atoms with E-state index < -0.39 is 5.60 Å². The number of H-pyrrole nitrogens is 1. The number of hydrogen-bond donors (Lipinski definition) is 2. The molecule has 8 nitrogen and oxygen atoms in total. The predicted molar refractivity (Wildman–Crippen MR) is 109 cm³/mol. The van der Waals surface area contributed by atoms with Gasteiger partial charge in [0, 0.05) is 19.3 Å². The Hall–Kier alpha value is -2.06. The number of ether oxygens (including phenoxy) is 1. The highest BCUT2D eigenvalue weighted by Gasteiger charge is 2.56. The molecule has 1 saturated heterocycles. The van der Waals surface area contributed by atoms with Gasteiger partial charge in [-0.05, 0) is 62.3 Å². The molecule has 5 aliphatic rings. The van der Waals surface area contributed by atoms with Gasteiger partial charge in [0.25, 0.3) is 0 Å². The normalized spacial score (nSPS) is 37.3. The molecule has 4 bridgehead atoms. The van der Waals surface area contributed by atoms with Crippen molar-refractivity contribution in [2.24, 2.45) is 17.8 Å². The van der Waals surface area contributed by atoms with E-state index in [1.165, 1.54) is 6.20 Å².